The summed E-state index contributed by atoms with van der Waals surface area (Å²) in [4.78, 5) is 10.1. The van der Waals surface area contributed by atoms with Crippen LogP contribution in [-0.2, 0) is 4.74 Å². The number of fused-ring (bicyclic) bond motifs is 1. The minimum Gasteiger partial charge on any atom is -0.383 e. The van der Waals surface area contributed by atoms with Crippen molar-refractivity contribution >= 4 is 16.7 Å². The maximum atomic E-state index is 13.5. The number of aromatic nitrogens is 2. The quantitative estimate of drug-likeness (QED) is 0.810. The molecule has 1 heterocycles. The summed E-state index contributed by atoms with van der Waals surface area (Å²) in [5.74, 6) is 0.387. The highest BCUT2D eigenvalue weighted by Gasteiger charge is 2.10. The van der Waals surface area contributed by atoms with Crippen molar-refractivity contribution in [1.82, 2.24) is 9.97 Å². The fourth-order valence-electron chi connectivity index (χ4n) is 1.68. The number of benzene rings is 1. The zero-order valence-electron chi connectivity index (χ0n) is 9.85. The third kappa shape index (κ3) is 2.34. The molecule has 0 radical (unpaired) electrons. The molecule has 0 aliphatic rings. The minimum absolute atomic E-state index is 0.328. The highest BCUT2D eigenvalue weighted by Crippen LogP contribution is 2.23. The topological polar surface area (TPSA) is 38.2 Å². The van der Waals surface area contributed by atoms with Crippen molar-refractivity contribution in [2.45, 2.75) is 0 Å². The van der Waals surface area contributed by atoms with Gasteiger partial charge in [0, 0.05) is 26.1 Å². The van der Waals surface area contributed by atoms with Gasteiger partial charge in [0.2, 0.25) is 0 Å². The van der Waals surface area contributed by atoms with E-state index in [9.17, 15) is 4.39 Å². The van der Waals surface area contributed by atoms with Gasteiger partial charge in [0.25, 0.3) is 0 Å². The number of para-hydroxylation sites is 1. The van der Waals surface area contributed by atoms with Gasteiger partial charge in [0.15, 0.2) is 0 Å². The molecule has 17 heavy (non-hydrogen) atoms. The fraction of sp³-hybridized carbons (Fsp3) is 0.333. The third-order valence-corrected chi connectivity index (χ3v) is 2.59. The summed E-state index contributed by atoms with van der Waals surface area (Å²) in [5.41, 5.74) is 0.349. The molecule has 0 saturated heterocycles. The number of rotatable bonds is 4. The van der Waals surface area contributed by atoms with Gasteiger partial charge in [-0.2, -0.15) is 0 Å². The fourth-order valence-corrected chi connectivity index (χ4v) is 1.68. The molecule has 5 heteroatoms. The number of hydrogen-bond acceptors (Lipinski definition) is 4. The lowest BCUT2D eigenvalue weighted by Gasteiger charge is -2.18. The number of hydrogen-bond donors (Lipinski definition) is 0. The summed E-state index contributed by atoms with van der Waals surface area (Å²) >= 11 is 0. The normalized spacial score (nSPS) is 10.8. The number of ether oxygens (including phenoxy) is 1. The Morgan fingerprint density at radius 2 is 2.18 bits per heavy atom. The summed E-state index contributed by atoms with van der Waals surface area (Å²) in [6, 6.07) is 4.88. The molecule has 0 aliphatic carbocycles. The predicted octanol–water partition coefficient (Wildman–Crippen LogP) is 1.85. The van der Waals surface area contributed by atoms with Crippen LogP contribution in [0.5, 0.6) is 0 Å². The molecule has 0 amide bonds. The van der Waals surface area contributed by atoms with Gasteiger partial charge in [-0.1, -0.05) is 6.07 Å². The molecule has 0 atom stereocenters. The Balaban J connectivity index is 2.43. The van der Waals surface area contributed by atoms with Crippen LogP contribution in [0, 0.1) is 5.82 Å². The highest BCUT2D eigenvalue weighted by atomic mass is 19.1. The number of halogens is 1. The molecule has 0 unspecified atom stereocenters. The molecule has 90 valence electrons. The van der Waals surface area contributed by atoms with Crippen LogP contribution in [0.3, 0.4) is 0 Å². The average molecular weight is 235 g/mol. The van der Waals surface area contributed by atoms with Gasteiger partial charge in [-0.05, 0) is 12.1 Å². The largest absolute Gasteiger partial charge is 0.383 e. The van der Waals surface area contributed by atoms with E-state index in [0.29, 0.717) is 29.9 Å². The second-order valence-electron chi connectivity index (χ2n) is 3.75. The van der Waals surface area contributed by atoms with Crippen LogP contribution in [0.4, 0.5) is 10.2 Å². The molecular weight excluding hydrogens is 221 g/mol. The van der Waals surface area contributed by atoms with E-state index >= 15 is 0 Å². The standard InChI is InChI=1S/C12H14FN3O/c1-16(6-7-17-2)12-9-4-3-5-10(13)11(9)14-8-15-12/h3-5,8H,6-7H2,1-2H3. The lowest BCUT2D eigenvalue weighted by molar-refractivity contribution is 0.206. The second-order valence-corrected chi connectivity index (χ2v) is 3.75. The number of likely N-dealkylation sites (N-methyl/N-ethyl adjacent to an activating group) is 1. The monoisotopic (exact) mass is 235 g/mol. The van der Waals surface area contributed by atoms with Crippen LogP contribution in [0.25, 0.3) is 10.9 Å². The van der Waals surface area contributed by atoms with E-state index in [1.54, 1.807) is 13.2 Å². The molecule has 1 aromatic carbocycles. The summed E-state index contributed by atoms with van der Waals surface area (Å²) in [6.07, 6.45) is 1.38. The van der Waals surface area contributed by atoms with Crippen molar-refractivity contribution in [3.8, 4) is 0 Å². The second kappa shape index (κ2) is 5.05. The number of nitrogens with zero attached hydrogens (tertiary/aromatic N) is 3. The molecule has 0 saturated carbocycles. The van der Waals surface area contributed by atoms with Crippen LogP contribution >= 0.6 is 0 Å². The third-order valence-electron chi connectivity index (χ3n) is 2.59. The Labute approximate surface area is 99.1 Å². The van der Waals surface area contributed by atoms with Crippen molar-refractivity contribution in [2.24, 2.45) is 0 Å². The molecule has 0 N–H and O–H groups in total. The first-order valence-electron chi connectivity index (χ1n) is 5.33. The summed E-state index contributed by atoms with van der Waals surface area (Å²) in [7, 11) is 3.54. The predicted molar refractivity (Wildman–Crippen MR) is 64.6 cm³/mol. The Hall–Kier alpha value is -1.75. The Morgan fingerprint density at radius 1 is 1.35 bits per heavy atom. The van der Waals surface area contributed by atoms with Crippen molar-refractivity contribution < 1.29 is 9.13 Å². The SMILES string of the molecule is COCCN(C)c1ncnc2c(F)cccc12. The smallest absolute Gasteiger partial charge is 0.149 e. The van der Waals surface area contributed by atoms with Crippen molar-refractivity contribution in [2.75, 3.05) is 32.2 Å². The molecule has 1 aromatic heterocycles. The Morgan fingerprint density at radius 3 is 2.94 bits per heavy atom. The van der Waals surface area contributed by atoms with E-state index in [0.717, 1.165) is 0 Å². The highest BCUT2D eigenvalue weighted by molar-refractivity contribution is 5.89. The number of anilines is 1. The van der Waals surface area contributed by atoms with Crippen LogP contribution in [-0.4, -0.2) is 37.3 Å². The summed E-state index contributed by atoms with van der Waals surface area (Å²) in [6.45, 7) is 1.29. The first-order chi connectivity index (χ1) is 8.24. The summed E-state index contributed by atoms with van der Waals surface area (Å²) < 4.78 is 18.6. The average Bonchev–Trinajstić information content (AvgIpc) is 2.36. The van der Waals surface area contributed by atoms with E-state index < -0.39 is 0 Å². The maximum Gasteiger partial charge on any atom is 0.149 e. The lowest BCUT2D eigenvalue weighted by atomic mass is 10.2. The molecule has 2 aromatic rings. The minimum atomic E-state index is -0.328. The molecular formula is C12H14FN3O. The van der Waals surface area contributed by atoms with Crippen molar-refractivity contribution in [3.05, 3.63) is 30.3 Å². The molecule has 0 bridgehead atoms. The van der Waals surface area contributed by atoms with Crippen LogP contribution in [0.15, 0.2) is 24.5 Å². The van der Waals surface area contributed by atoms with Gasteiger partial charge < -0.3 is 9.64 Å². The molecule has 0 spiro atoms. The lowest BCUT2D eigenvalue weighted by Crippen LogP contribution is -2.23. The van der Waals surface area contributed by atoms with Crippen molar-refractivity contribution in [3.63, 3.8) is 0 Å². The van der Waals surface area contributed by atoms with Gasteiger partial charge in [-0.25, -0.2) is 14.4 Å². The van der Waals surface area contributed by atoms with Crippen LogP contribution in [0.1, 0.15) is 0 Å². The zero-order chi connectivity index (χ0) is 12.3. The van der Waals surface area contributed by atoms with E-state index in [4.69, 9.17) is 4.74 Å². The van der Waals surface area contributed by atoms with Gasteiger partial charge in [0.1, 0.15) is 23.5 Å². The van der Waals surface area contributed by atoms with E-state index in [-0.39, 0.29) is 5.82 Å². The van der Waals surface area contributed by atoms with Gasteiger partial charge in [-0.3, -0.25) is 0 Å². The molecule has 4 nitrogen and oxygen atoms in total. The van der Waals surface area contributed by atoms with Crippen molar-refractivity contribution in [1.29, 1.82) is 0 Å². The Bertz CT molecular complexity index is 518. The first-order valence-corrected chi connectivity index (χ1v) is 5.33. The molecule has 0 aliphatic heterocycles. The van der Waals surface area contributed by atoms with Crippen LogP contribution < -0.4 is 4.90 Å². The molecule has 2 rings (SSSR count). The van der Waals surface area contributed by atoms with E-state index in [2.05, 4.69) is 9.97 Å². The van der Waals surface area contributed by atoms with Gasteiger partial charge in [0.05, 0.1) is 6.61 Å². The zero-order valence-corrected chi connectivity index (χ0v) is 9.85. The molecule has 0 fully saturated rings. The van der Waals surface area contributed by atoms with Gasteiger partial charge >= 0.3 is 0 Å². The van der Waals surface area contributed by atoms with E-state index in [1.165, 1.54) is 12.4 Å². The van der Waals surface area contributed by atoms with Gasteiger partial charge in [-0.15, -0.1) is 0 Å². The van der Waals surface area contributed by atoms with E-state index in [1.807, 2.05) is 18.0 Å². The Kier molecular flexibility index (Phi) is 3.49. The maximum absolute atomic E-state index is 13.5. The summed E-state index contributed by atoms with van der Waals surface area (Å²) in [5, 5.41) is 0.714. The van der Waals surface area contributed by atoms with Crippen LogP contribution in [0.2, 0.25) is 0 Å². The first kappa shape index (κ1) is 11.7. The number of methoxy groups -OCH3 is 1.